The minimum absolute atomic E-state index is 0.180. The molecule has 1 amide bonds. The Kier molecular flexibility index (Phi) is 5.84. The van der Waals surface area contributed by atoms with Crippen LogP contribution in [0.25, 0.3) is 15.9 Å². The van der Waals surface area contributed by atoms with Gasteiger partial charge in [0.15, 0.2) is 0 Å². The van der Waals surface area contributed by atoms with E-state index < -0.39 is 11.2 Å². The molecule has 0 saturated heterocycles. The van der Waals surface area contributed by atoms with Crippen molar-refractivity contribution in [2.45, 2.75) is 34.2 Å². The minimum atomic E-state index is -0.413. The molecule has 0 fully saturated rings. The maximum atomic E-state index is 13.8. The molecule has 170 valence electrons. The van der Waals surface area contributed by atoms with Crippen molar-refractivity contribution in [3.63, 3.8) is 0 Å². The van der Waals surface area contributed by atoms with Crippen LogP contribution in [0.4, 0.5) is 0 Å². The van der Waals surface area contributed by atoms with Crippen molar-refractivity contribution < 1.29 is 4.79 Å². The summed E-state index contributed by atoms with van der Waals surface area (Å²) in [6.07, 6.45) is 0. The summed E-state index contributed by atoms with van der Waals surface area (Å²) in [4.78, 5) is 42.8. The van der Waals surface area contributed by atoms with Gasteiger partial charge >= 0.3 is 5.69 Å². The standard InChI is InChI=1S/C26H27N3O3S/c1-15-11-12-20(13-17(15)3)29-23(30)21-18(4)22(24(31)27(5)6)33-25(21)28(26(29)32)14-19-10-8-7-9-16(19)2/h7-13H,14H2,1-6H3. The quantitative estimate of drug-likeness (QED) is 0.458. The van der Waals surface area contributed by atoms with E-state index in [4.69, 9.17) is 0 Å². The van der Waals surface area contributed by atoms with Crippen LogP contribution < -0.4 is 11.2 Å². The molecular weight excluding hydrogens is 434 g/mol. The van der Waals surface area contributed by atoms with Gasteiger partial charge in [-0.3, -0.25) is 14.2 Å². The number of amides is 1. The van der Waals surface area contributed by atoms with E-state index in [9.17, 15) is 14.4 Å². The summed E-state index contributed by atoms with van der Waals surface area (Å²) in [5.41, 5.74) is 4.44. The highest BCUT2D eigenvalue weighted by Crippen LogP contribution is 2.29. The van der Waals surface area contributed by atoms with Crippen molar-refractivity contribution in [2.24, 2.45) is 0 Å². The molecule has 0 aliphatic carbocycles. The van der Waals surface area contributed by atoms with Crippen LogP contribution in [-0.2, 0) is 6.54 Å². The van der Waals surface area contributed by atoms with Gasteiger partial charge in [-0.15, -0.1) is 11.3 Å². The number of thiophene rings is 1. The van der Waals surface area contributed by atoms with Crippen molar-refractivity contribution in [1.82, 2.24) is 14.0 Å². The van der Waals surface area contributed by atoms with Crippen LogP contribution in [0.1, 0.15) is 37.5 Å². The van der Waals surface area contributed by atoms with Gasteiger partial charge in [0.2, 0.25) is 0 Å². The van der Waals surface area contributed by atoms with E-state index in [0.717, 1.165) is 22.3 Å². The van der Waals surface area contributed by atoms with E-state index in [1.807, 2.05) is 57.2 Å². The van der Waals surface area contributed by atoms with Gasteiger partial charge in [0, 0.05) is 14.1 Å². The van der Waals surface area contributed by atoms with Crippen LogP contribution in [0.5, 0.6) is 0 Å². The van der Waals surface area contributed by atoms with Gasteiger partial charge in [-0.05, 0) is 67.6 Å². The molecule has 0 radical (unpaired) electrons. The fourth-order valence-corrected chi connectivity index (χ4v) is 5.26. The third-order valence-electron chi connectivity index (χ3n) is 6.15. The van der Waals surface area contributed by atoms with Gasteiger partial charge in [0.25, 0.3) is 11.5 Å². The first-order valence-electron chi connectivity index (χ1n) is 10.7. The van der Waals surface area contributed by atoms with Crippen LogP contribution in [0.15, 0.2) is 52.1 Å². The highest BCUT2D eigenvalue weighted by atomic mass is 32.1. The Morgan fingerprint density at radius 1 is 0.939 bits per heavy atom. The molecule has 7 heteroatoms. The lowest BCUT2D eigenvalue weighted by Crippen LogP contribution is -2.39. The normalized spacial score (nSPS) is 11.2. The number of hydrogen-bond acceptors (Lipinski definition) is 4. The van der Waals surface area contributed by atoms with Gasteiger partial charge in [-0.25, -0.2) is 9.36 Å². The predicted octanol–water partition coefficient (Wildman–Crippen LogP) is 4.20. The zero-order valence-electron chi connectivity index (χ0n) is 19.7. The Hall–Kier alpha value is -3.45. The second-order valence-electron chi connectivity index (χ2n) is 8.64. The summed E-state index contributed by atoms with van der Waals surface area (Å²) >= 11 is 1.21. The molecule has 4 aromatic rings. The second kappa shape index (κ2) is 8.48. The van der Waals surface area contributed by atoms with Gasteiger partial charge in [-0.2, -0.15) is 0 Å². The highest BCUT2D eigenvalue weighted by molar-refractivity contribution is 7.20. The molecule has 6 nitrogen and oxygen atoms in total. The molecule has 0 spiro atoms. The fourth-order valence-electron chi connectivity index (χ4n) is 3.94. The first kappa shape index (κ1) is 22.7. The summed E-state index contributed by atoms with van der Waals surface area (Å²) in [5, 5.41) is 0.414. The van der Waals surface area contributed by atoms with Crippen molar-refractivity contribution in [2.75, 3.05) is 14.1 Å². The second-order valence-corrected chi connectivity index (χ2v) is 9.64. The summed E-state index contributed by atoms with van der Waals surface area (Å²) < 4.78 is 2.86. The molecular formula is C26H27N3O3S. The number of aryl methyl sites for hydroxylation is 4. The van der Waals surface area contributed by atoms with Gasteiger partial charge < -0.3 is 4.90 Å². The Labute approximate surface area is 196 Å². The monoisotopic (exact) mass is 461 g/mol. The molecule has 0 saturated carbocycles. The molecule has 2 heterocycles. The van der Waals surface area contributed by atoms with Crippen LogP contribution in [-0.4, -0.2) is 34.0 Å². The summed E-state index contributed by atoms with van der Waals surface area (Å²) in [5.74, 6) is -0.180. The van der Waals surface area contributed by atoms with E-state index in [1.165, 1.54) is 20.8 Å². The van der Waals surface area contributed by atoms with Crippen LogP contribution in [0.2, 0.25) is 0 Å². The third kappa shape index (κ3) is 3.82. The minimum Gasteiger partial charge on any atom is -0.344 e. The molecule has 33 heavy (non-hydrogen) atoms. The third-order valence-corrected chi connectivity index (χ3v) is 7.45. The summed E-state index contributed by atoms with van der Waals surface area (Å²) in [6, 6.07) is 13.4. The van der Waals surface area contributed by atoms with E-state index in [2.05, 4.69) is 0 Å². The molecule has 2 aromatic carbocycles. The van der Waals surface area contributed by atoms with E-state index in [0.29, 0.717) is 32.9 Å². The molecule has 0 atom stereocenters. The Morgan fingerprint density at radius 3 is 2.27 bits per heavy atom. The van der Waals surface area contributed by atoms with E-state index in [-0.39, 0.29) is 5.91 Å². The Morgan fingerprint density at radius 2 is 1.64 bits per heavy atom. The van der Waals surface area contributed by atoms with Crippen LogP contribution in [0, 0.1) is 27.7 Å². The smallest absolute Gasteiger partial charge is 0.337 e. The van der Waals surface area contributed by atoms with Gasteiger partial charge in [0.1, 0.15) is 4.83 Å². The molecule has 4 rings (SSSR count). The lowest BCUT2D eigenvalue weighted by molar-refractivity contribution is 0.0831. The number of rotatable bonds is 4. The predicted molar refractivity (Wildman–Crippen MR) is 134 cm³/mol. The lowest BCUT2D eigenvalue weighted by Gasteiger charge is -2.14. The number of carbonyl (C=O) groups excluding carboxylic acids is 1. The average molecular weight is 462 g/mol. The maximum Gasteiger partial charge on any atom is 0.337 e. The summed E-state index contributed by atoms with van der Waals surface area (Å²) in [6.45, 7) is 8.03. The number of aromatic nitrogens is 2. The number of carbonyl (C=O) groups is 1. The van der Waals surface area contributed by atoms with Gasteiger partial charge in [-0.1, -0.05) is 30.3 Å². The van der Waals surface area contributed by atoms with Crippen molar-refractivity contribution >= 4 is 27.5 Å². The zero-order valence-corrected chi connectivity index (χ0v) is 20.5. The number of fused-ring (bicyclic) bond motifs is 1. The van der Waals surface area contributed by atoms with Crippen molar-refractivity contribution in [1.29, 1.82) is 0 Å². The molecule has 0 unspecified atom stereocenters. The number of benzene rings is 2. The average Bonchev–Trinajstić information content (AvgIpc) is 3.11. The van der Waals surface area contributed by atoms with Crippen molar-refractivity contribution in [3.05, 3.63) is 96.0 Å². The zero-order chi connectivity index (χ0) is 24.0. The molecule has 0 bridgehead atoms. The Bertz CT molecular complexity index is 1520. The highest BCUT2D eigenvalue weighted by Gasteiger charge is 2.24. The summed E-state index contributed by atoms with van der Waals surface area (Å²) in [7, 11) is 3.36. The molecule has 2 aromatic heterocycles. The molecule has 0 aliphatic rings. The topological polar surface area (TPSA) is 64.3 Å². The van der Waals surface area contributed by atoms with Crippen LogP contribution in [0.3, 0.4) is 0 Å². The maximum absolute atomic E-state index is 13.8. The SMILES string of the molecule is Cc1ccc(-n2c(=O)c3c(C)c(C(=O)N(C)C)sc3n(Cc3ccccc3C)c2=O)cc1C. The van der Waals surface area contributed by atoms with Crippen LogP contribution >= 0.6 is 11.3 Å². The number of nitrogens with zero attached hydrogens (tertiary/aromatic N) is 3. The molecule has 0 aliphatic heterocycles. The van der Waals surface area contributed by atoms with Crippen molar-refractivity contribution in [3.8, 4) is 5.69 Å². The molecule has 0 N–H and O–H groups in total. The largest absolute Gasteiger partial charge is 0.344 e. The van der Waals surface area contributed by atoms with E-state index >= 15 is 0 Å². The fraction of sp³-hybridized carbons (Fsp3) is 0.269. The van der Waals surface area contributed by atoms with Gasteiger partial charge in [0.05, 0.1) is 22.5 Å². The lowest BCUT2D eigenvalue weighted by atomic mass is 10.1. The first-order valence-corrected chi connectivity index (χ1v) is 11.6. The Balaban J connectivity index is 2.11. The number of hydrogen-bond donors (Lipinski definition) is 0. The first-order chi connectivity index (χ1) is 15.6. The van der Waals surface area contributed by atoms with E-state index in [1.54, 1.807) is 31.7 Å².